The zero-order valence-electron chi connectivity index (χ0n) is 10.3. The summed E-state index contributed by atoms with van der Waals surface area (Å²) in [4.78, 5) is 11.3. The van der Waals surface area contributed by atoms with Gasteiger partial charge in [-0.3, -0.25) is 0 Å². The molecule has 0 fully saturated rings. The van der Waals surface area contributed by atoms with Gasteiger partial charge in [0.05, 0.1) is 11.1 Å². The van der Waals surface area contributed by atoms with Crippen molar-refractivity contribution in [3.05, 3.63) is 28.2 Å². The molecular formula is C11H7BrF3N3O3. The number of aromatic nitrogens is 2. The molecule has 1 heterocycles. The van der Waals surface area contributed by atoms with Crippen LogP contribution in [0.25, 0.3) is 11.5 Å². The highest BCUT2D eigenvalue weighted by molar-refractivity contribution is 9.10. The van der Waals surface area contributed by atoms with Gasteiger partial charge in [-0.2, -0.15) is 13.2 Å². The minimum Gasteiger partial charge on any atom is -0.465 e. The minimum atomic E-state index is -4.62. The maximum absolute atomic E-state index is 13.0. The second-order valence-electron chi connectivity index (χ2n) is 3.92. The minimum absolute atomic E-state index is 0.237. The van der Waals surface area contributed by atoms with E-state index in [1.54, 1.807) is 0 Å². The van der Waals surface area contributed by atoms with Crippen LogP contribution in [0.2, 0.25) is 0 Å². The molecule has 10 heteroatoms. The van der Waals surface area contributed by atoms with E-state index in [9.17, 15) is 18.0 Å². The Kier molecular flexibility index (Phi) is 3.90. The Morgan fingerprint density at radius 3 is 2.62 bits per heavy atom. The van der Waals surface area contributed by atoms with E-state index in [1.165, 1.54) is 6.07 Å². The van der Waals surface area contributed by atoms with E-state index in [-0.39, 0.29) is 10.0 Å². The molecule has 0 bridgehead atoms. The van der Waals surface area contributed by atoms with Crippen LogP contribution in [-0.4, -0.2) is 28.4 Å². The van der Waals surface area contributed by atoms with Gasteiger partial charge in [-0.25, -0.2) is 9.69 Å². The van der Waals surface area contributed by atoms with E-state index >= 15 is 0 Å². The van der Waals surface area contributed by atoms with E-state index in [0.717, 1.165) is 19.2 Å². The molecule has 0 saturated carbocycles. The van der Waals surface area contributed by atoms with E-state index in [0.29, 0.717) is 4.90 Å². The zero-order valence-corrected chi connectivity index (χ0v) is 11.9. The first-order valence-corrected chi connectivity index (χ1v) is 6.16. The van der Waals surface area contributed by atoms with Crippen LogP contribution in [0.3, 0.4) is 0 Å². The number of hydrogen-bond donors (Lipinski definition) is 1. The maximum atomic E-state index is 13.0. The summed E-state index contributed by atoms with van der Waals surface area (Å²) in [5.74, 6) is -0.419. The summed E-state index contributed by atoms with van der Waals surface area (Å²) in [5, 5.41) is 15.6. The topological polar surface area (TPSA) is 79.5 Å². The van der Waals surface area contributed by atoms with Crippen molar-refractivity contribution in [2.45, 2.75) is 6.18 Å². The van der Waals surface area contributed by atoms with Crippen molar-refractivity contribution < 1.29 is 27.5 Å². The van der Waals surface area contributed by atoms with Crippen LogP contribution in [-0.2, 0) is 6.18 Å². The van der Waals surface area contributed by atoms with Crippen LogP contribution >= 0.6 is 15.9 Å². The number of halogens is 4. The molecule has 0 aliphatic heterocycles. The quantitative estimate of drug-likeness (QED) is 0.878. The van der Waals surface area contributed by atoms with E-state index in [4.69, 9.17) is 9.52 Å². The van der Waals surface area contributed by atoms with E-state index in [1.807, 2.05) is 0 Å². The Hall–Kier alpha value is -2.10. The normalized spacial score (nSPS) is 11.5. The van der Waals surface area contributed by atoms with Crippen molar-refractivity contribution >= 4 is 28.0 Å². The number of alkyl halides is 3. The number of benzene rings is 1. The predicted molar refractivity (Wildman–Crippen MR) is 68.9 cm³/mol. The lowest BCUT2D eigenvalue weighted by Crippen LogP contribution is -2.23. The zero-order chi connectivity index (χ0) is 15.8. The molecule has 21 heavy (non-hydrogen) atoms. The molecule has 0 spiro atoms. The number of hydrogen-bond acceptors (Lipinski definition) is 4. The molecule has 2 rings (SSSR count). The molecular weight excluding hydrogens is 359 g/mol. The molecule has 1 aromatic carbocycles. The monoisotopic (exact) mass is 365 g/mol. The van der Waals surface area contributed by atoms with Crippen LogP contribution in [0.4, 0.5) is 24.0 Å². The van der Waals surface area contributed by atoms with E-state index in [2.05, 4.69) is 26.1 Å². The average molecular weight is 366 g/mol. The first-order valence-electron chi connectivity index (χ1n) is 5.37. The highest BCUT2D eigenvalue weighted by atomic mass is 79.9. The Labute approximate surface area is 124 Å². The van der Waals surface area contributed by atoms with Gasteiger partial charge < -0.3 is 9.52 Å². The van der Waals surface area contributed by atoms with Gasteiger partial charge in [-0.05, 0) is 18.2 Å². The smallest absolute Gasteiger partial charge is 0.417 e. The molecule has 2 aromatic rings. The Bertz CT molecular complexity index is 687. The van der Waals surface area contributed by atoms with Crippen molar-refractivity contribution in [2.24, 2.45) is 0 Å². The lowest BCUT2D eigenvalue weighted by molar-refractivity contribution is -0.137. The fourth-order valence-corrected chi connectivity index (χ4v) is 1.84. The molecule has 0 aliphatic rings. The summed E-state index contributed by atoms with van der Waals surface area (Å²) in [5.41, 5.74) is -1.30. The third kappa shape index (κ3) is 3.15. The molecule has 0 saturated heterocycles. The molecule has 1 aromatic heterocycles. The van der Waals surface area contributed by atoms with Gasteiger partial charge in [0.1, 0.15) is 0 Å². The van der Waals surface area contributed by atoms with Crippen molar-refractivity contribution in [1.29, 1.82) is 0 Å². The lowest BCUT2D eigenvalue weighted by atomic mass is 10.1. The van der Waals surface area contributed by atoms with Crippen LogP contribution in [0.1, 0.15) is 5.56 Å². The van der Waals surface area contributed by atoms with Crippen molar-refractivity contribution in [2.75, 3.05) is 11.9 Å². The summed E-state index contributed by atoms with van der Waals surface area (Å²) in [6.45, 7) is 0. The summed E-state index contributed by atoms with van der Waals surface area (Å²) >= 11 is 2.96. The second-order valence-corrected chi connectivity index (χ2v) is 4.83. The van der Waals surface area contributed by atoms with Crippen LogP contribution in [0.15, 0.2) is 27.1 Å². The maximum Gasteiger partial charge on any atom is 0.417 e. The van der Waals surface area contributed by atoms with Gasteiger partial charge in [0.2, 0.25) is 5.89 Å². The summed E-state index contributed by atoms with van der Waals surface area (Å²) < 4.78 is 44.2. The van der Waals surface area contributed by atoms with Crippen molar-refractivity contribution in [3.63, 3.8) is 0 Å². The molecule has 112 valence electrons. The molecule has 0 atom stereocenters. The highest BCUT2D eigenvalue weighted by Crippen LogP contribution is 2.38. The standard InChI is InChI=1S/C11H7BrF3N3O3/c1-18(10(19)20)9-17-16-8(21-9)6-3-2-5(12)4-7(6)11(13,14)15/h2-4H,1H3,(H,19,20). The Morgan fingerprint density at radius 2 is 2.05 bits per heavy atom. The fourth-order valence-electron chi connectivity index (χ4n) is 1.48. The summed E-state index contributed by atoms with van der Waals surface area (Å²) in [6.07, 6.45) is -6.00. The van der Waals surface area contributed by atoms with Gasteiger partial charge in [-0.1, -0.05) is 21.0 Å². The fraction of sp³-hybridized carbons (Fsp3) is 0.182. The van der Waals surface area contributed by atoms with E-state index < -0.39 is 29.7 Å². The molecule has 6 nitrogen and oxygen atoms in total. The largest absolute Gasteiger partial charge is 0.465 e. The number of amides is 1. The van der Waals surface area contributed by atoms with Crippen molar-refractivity contribution in [3.8, 4) is 11.5 Å². The van der Waals surface area contributed by atoms with Gasteiger partial charge in [0.15, 0.2) is 0 Å². The first kappa shape index (κ1) is 15.3. The molecule has 1 N–H and O–H groups in total. The lowest BCUT2D eigenvalue weighted by Gasteiger charge is -2.11. The van der Waals surface area contributed by atoms with Crippen LogP contribution < -0.4 is 4.90 Å². The third-order valence-corrected chi connectivity index (χ3v) is 3.00. The third-order valence-electron chi connectivity index (χ3n) is 2.51. The molecule has 0 unspecified atom stereocenters. The Morgan fingerprint density at radius 1 is 1.38 bits per heavy atom. The average Bonchev–Trinajstić information content (AvgIpc) is 2.86. The van der Waals surface area contributed by atoms with Crippen molar-refractivity contribution in [1.82, 2.24) is 10.2 Å². The highest BCUT2D eigenvalue weighted by Gasteiger charge is 2.35. The van der Waals surface area contributed by atoms with Gasteiger partial charge in [-0.15, -0.1) is 5.10 Å². The van der Waals surface area contributed by atoms with Gasteiger partial charge >= 0.3 is 18.3 Å². The van der Waals surface area contributed by atoms with Crippen LogP contribution in [0, 0.1) is 0 Å². The number of carboxylic acid groups (broad SMARTS) is 1. The predicted octanol–water partition coefficient (Wildman–Crippen LogP) is 3.63. The molecule has 1 amide bonds. The van der Waals surface area contributed by atoms with Gasteiger partial charge in [0.25, 0.3) is 0 Å². The number of rotatable bonds is 2. The number of nitrogens with zero attached hydrogens (tertiary/aromatic N) is 3. The second kappa shape index (κ2) is 5.35. The number of carbonyl (C=O) groups is 1. The summed E-state index contributed by atoms with van der Waals surface area (Å²) in [6, 6.07) is 2.99. The van der Waals surface area contributed by atoms with Gasteiger partial charge in [0, 0.05) is 11.5 Å². The summed E-state index contributed by atoms with van der Waals surface area (Å²) in [7, 11) is 1.13. The molecule has 0 aliphatic carbocycles. The first-order chi connectivity index (χ1) is 9.70. The molecule has 0 radical (unpaired) electrons. The SMILES string of the molecule is CN(C(=O)O)c1nnc(-c2ccc(Br)cc2C(F)(F)F)o1. The van der Waals surface area contributed by atoms with Crippen LogP contribution in [0.5, 0.6) is 0 Å². The Balaban J connectivity index is 2.50. The number of anilines is 1.